The van der Waals surface area contributed by atoms with Gasteiger partial charge in [0.15, 0.2) is 0 Å². The molecule has 2 aromatic rings. The van der Waals surface area contributed by atoms with E-state index in [1.54, 1.807) is 35.0 Å². The number of aliphatic carboxylic acids is 1. The number of hydrogen-bond acceptors (Lipinski definition) is 6. The monoisotopic (exact) mass is 388 g/mol. The third kappa shape index (κ3) is 3.45. The van der Waals surface area contributed by atoms with Crippen molar-refractivity contribution in [1.82, 2.24) is 9.47 Å². The van der Waals surface area contributed by atoms with E-state index in [-0.39, 0.29) is 11.4 Å². The standard InChI is InChI=1S/C18H16N2O6S/c1-10(17(24)26-2)20-16(23)14(27-18(20)25)7-11-8-19(9-15(21)22)13-6-4-3-5-12(11)13/h3-8,10H,9H2,1-2H3,(H,21,22)/b14-7+/t10-/m1/s1. The molecule has 1 aromatic carbocycles. The Bertz CT molecular complexity index is 993. The molecule has 3 rings (SSSR count). The molecule has 0 radical (unpaired) electrons. The van der Waals surface area contributed by atoms with Gasteiger partial charge in [0.2, 0.25) is 0 Å². The van der Waals surface area contributed by atoms with Crippen LogP contribution in [-0.2, 0) is 25.7 Å². The van der Waals surface area contributed by atoms with Crippen LogP contribution in [0.3, 0.4) is 0 Å². The molecule has 2 amide bonds. The fourth-order valence-corrected chi connectivity index (χ4v) is 3.80. The highest BCUT2D eigenvalue weighted by Gasteiger charge is 2.41. The van der Waals surface area contributed by atoms with Gasteiger partial charge in [0.1, 0.15) is 12.6 Å². The first kappa shape index (κ1) is 18.7. The number of aromatic nitrogens is 1. The van der Waals surface area contributed by atoms with Crippen molar-refractivity contribution in [2.24, 2.45) is 0 Å². The van der Waals surface area contributed by atoms with E-state index >= 15 is 0 Å². The number of amides is 2. The second-order valence-electron chi connectivity index (χ2n) is 5.87. The summed E-state index contributed by atoms with van der Waals surface area (Å²) < 4.78 is 6.16. The van der Waals surface area contributed by atoms with Gasteiger partial charge in [-0.25, -0.2) is 4.79 Å². The van der Waals surface area contributed by atoms with Crippen molar-refractivity contribution in [1.29, 1.82) is 0 Å². The number of imide groups is 1. The molecule has 1 aliphatic rings. The quantitative estimate of drug-likeness (QED) is 0.619. The minimum absolute atomic E-state index is 0.161. The maximum absolute atomic E-state index is 12.6. The number of benzene rings is 1. The molecule has 1 saturated heterocycles. The number of hydrogen-bond donors (Lipinski definition) is 1. The van der Waals surface area contributed by atoms with E-state index in [2.05, 4.69) is 4.74 Å². The van der Waals surface area contributed by atoms with Gasteiger partial charge in [-0.2, -0.15) is 0 Å². The number of methoxy groups -OCH3 is 1. The Balaban J connectivity index is 2.00. The van der Waals surface area contributed by atoms with Gasteiger partial charge >= 0.3 is 11.9 Å². The minimum atomic E-state index is -1.03. The fourth-order valence-electron chi connectivity index (χ4n) is 2.90. The number of rotatable bonds is 5. The summed E-state index contributed by atoms with van der Waals surface area (Å²) in [6, 6.07) is 6.15. The number of thioether (sulfide) groups is 1. The lowest BCUT2D eigenvalue weighted by Crippen LogP contribution is -2.42. The van der Waals surface area contributed by atoms with Crippen LogP contribution in [0.15, 0.2) is 35.4 Å². The number of ether oxygens (including phenoxy) is 1. The van der Waals surface area contributed by atoms with Gasteiger partial charge in [0.25, 0.3) is 11.1 Å². The smallest absolute Gasteiger partial charge is 0.328 e. The molecule has 0 aliphatic carbocycles. The van der Waals surface area contributed by atoms with Gasteiger partial charge in [-0.1, -0.05) is 18.2 Å². The highest BCUT2D eigenvalue weighted by atomic mass is 32.2. The average molecular weight is 388 g/mol. The van der Waals surface area contributed by atoms with Crippen LogP contribution in [0, 0.1) is 0 Å². The van der Waals surface area contributed by atoms with Crippen LogP contribution in [0.4, 0.5) is 4.79 Å². The van der Waals surface area contributed by atoms with Crippen molar-refractivity contribution in [2.75, 3.05) is 7.11 Å². The van der Waals surface area contributed by atoms with Crippen molar-refractivity contribution in [3.8, 4) is 0 Å². The highest BCUT2D eigenvalue weighted by molar-refractivity contribution is 8.18. The molecule has 0 bridgehead atoms. The molecule has 0 unspecified atom stereocenters. The topological polar surface area (TPSA) is 106 Å². The zero-order valence-corrected chi connectivity index (χ0v) is 15.4. The van der Waals surface area contributed by atoms with Crippen LogP contribution < -0.4 is 0 Å². The van der Waals surface area contributed by atoms with Crippen molar-refractivity contribution in [3.63, 3.8) is 0 Å². The Hall–Kier alpha value is -3.07. The molecular formula is C18H16N2O6S. The Labute approximate surface area is 158 Å². The summed E-state index contributed by atoms with van der Waals surface area (Å²) in [6.45, 7) is 1.19. The second-order valence-corrected chi connectivity index (χ2v) is 6.87. The van der Waals surface area contributed by atoms with E-state index in [0.717, 1.165) is 22.0 Å². The van der Waals surface area contributed by atoms with Crippen LogP contribution in [0.1, 0.15) is 12.5 Å². The maximum Gasteiger partial charge on any atom is 0.328 e. The summed E-state index contributed by atoms with van der Waals surface area (Å²) in [5.41, 5.74) is 1.32. The minimum Gasteiger partial charge on any atom is -0.480 e. The Morgan fingerprint density at radius 3 is 2.67 bits per heavy atom. The number of carbonyl (C=O) groups is 4. The maximum atomic E-state index is 12.6. The van der Waals surface area contributed by atoms with Crippen LogP contribution in [-0.4, -0.2) is 50.8 Å². The summed E-state index contributed by atoms with van der Waals surface area (Å²) in [5.74, 6) is -2.26. The van der Waals surface area contributed by atoms with Crippen molar-refractivity contribution < 1.29 is 29.0 Å². The first-order valence-corrected chi connectivity index (χ1v) is 8.79. The van der Waals surface area contributed by atoms with Crippen molar-refractivity contribution in [3.05, 3.63) is 40.9 Å². The first-order chi connectivity index (χ1) is 12.8. The first-order valence-electron chi connectivity index (χ1n) is 7.98. The molecule has 1 fully saturated rings. The van der Waals surface area contributed by atoms with E-state index in [0.29, 0.717) is 11.1 Å². The summed E-state index contributed by atoms with van der Waals surface area (Å²) >= 11 is 0.730. The molecule has 9 heteroatoms. The van der Waals surface area contributed by atoms with Gasteiger partial charge < -0.3 is 14.4 Å². The molecule has 2 heterocycles. The van der Waals surface area contributed by atoms with Gasteiger partial charge in [0.05, 0.1) is 12.0 Å². The number of carbonyl (C=O) groups excluding carboxylic acids is 3. The molecule has 1 N–H and O–H groups in total. The zero-order chi connectivity index (χ0) is 19.7. The van der Waals surface area contributed by atoms with Gasteiger partial charge in [-0.15, -0.1) is 0 Å². The van der Waals surface area contributed by atoms with Crippen LogP contribution in [0.5, 0.6) is 0 Å². The summed E-state index contributed by atoms with van der Waals surface area (Å²) in [6.07, 6.45) is 3.16. The Kier molecular flexibility index (Phi) is 5.04. The molecule has 1 atom stereocenters. The lowest BCUT2D eigenvalue weighted by Gasteiger charge is -2.18. The molecule has 1 aromatic heterocycles. The number of carboxylic acid groups (broad SMARTS) is 1. The summed E-state index contributed by atoms with van der Waals surface area (Å²) in [5, 5.41) is 9.28. The second kappa shape index (κ2) is 7.28. The van der Waals surface area contributed by atoms with Crippen LogP contribution in [0.2, 0.25) is 0 Å². The largest absolute Gasteiger partial charge is 0.480 e. The van der Waals surface area contributed by atoms with E-state index in [1.165, 1.54) is 20.1 Å². The lowest BCUT2D eigenvalue weighted by atomic mass is 10.1. The predicted molar refractivity (Wildman–Crippen MR) is 98.9 cm³/mol. The normalized spacial score (nSPS) is 17.0. The van der Waals surface area contributed by atoms with Gasteiger partial charge in [0, 0.05) is 22.7 Å². The number of fused-ring (bicyclic) bond motifs is 1. The van der Waals surface area contributed by atoms with E-state index in [1.807, 2.05) is 0 Å². The average Bonchev–Trinajstić information content (AvgIpc) is 3.11. The van der Waals surface area contributed by atoms with Crippen LogP contribution >= 0.6 is 11.8 Å². The Morgan fingerprint density at radius 1 is 1.30 bits per heavy atom. The molecule has 0 spiro atoms. The number of nitrogens with zero attached hydrogens (tertiary/aromatic N) is 2. The third-order valence-electron chi connectivity index (χ3n) is 4.16. The predicted octanol–water partition coefficient (Wildman–Crippen LogP) is 2.32. The van der Waals surface area contributed by atoms with E-state index in [4.69, 9.17) is 5.11 Å². The number of esters is 1. The SMILES string of the molecule is COC(=O)[C@@H](C)N1C(=O)S/C(=C/c2cn(CC(=O)O)c3ccccc23)C1=O. The zero-order valence-electron chi connectivity index (χ0n) is 14.5. The highest BCUT2D eigenvalue weighted by Crippen LogP contribution is 2.35. The number of carboxylic acids is 1. The molecule has 8 nitrogen and oxygen atoms in total. The third-order valence-corrected chi connectivity index (χ3v) is 5.05. The van der Waals surface area contributed by atoms with Crippen molar-refractivity contribution >= 4 is 51.8 Å². The molecule has 0 saturated carbocycles. The lowest BCUT2D eigenvalue weighted by molar-refractivity contribution is -0.148. The molecule has 140 valence electrons. The molecular weight excluding hydrogens is 372 g/mol. The Morgan fingerprint density at radius 2 is 2.00 bits per heavy atom. The van der Waals surface area contributed by atoms with E-state index < -0.39 is 29.1 Å². The molecule has 27 heavy (non-hydrogen) atoms. The van der Waals surface area contributed by atoms with E-state index in [9.17, 15) is 19.2 Å². The molecule has 1 aliphatic heterocycles. The van der Waals surface area contributed by atoms with Crippen molar-refractivity contribution in [2.45, 2.75) is 19.5 Å². The summed E-state index contributed by atoms with van der Waals surface area (Å²) in [4.78, 5) is 48.6. The summed E-state index contributed by atoms with van der Waals surface area (Å²) in [7, 11) is 1.19. The van der Waals surface area contributed by atoms with Crippen LogP contribution in [0.25, 0.3) is 17.0 Å². The number of para-hydroxylation sites is 1. The van der Waals surface area contributed by atoms with Gasteiger partial charge in [-0.3, -0.25) is 19.3 Å². The fraction of sp³-hybridized carbons (Fsp3) is 0.222. The van der Waals surface area contributed by atoms with Gasteiger partial charge in [-0.05, 0) is 30.8 Å².